The molecule has 0 radical (unpaired) electrons. The SMILES string of the molecule is O=C(O)c1cc(C(=O)N2Cc3ccc(F)cc3C2)ccc1O. The zero-order valence-corrected chi connectivity index (χ0v) is 11.4. The minimum atomic E-state index is -1.31. The fourth-order valence-electron chi connectivity index (χ4n) is 2.53. The van der Waals surface area contributed by atoms with Gasteiger partial charge in [0.15, 0.2) is 0 Å². The van der Waals surface area contributed by atoms with Crippen molar-refractivity contribution in [2.45, 2.75) is 13.1 Å². The van der Waals surface area contributed by atoms with Gasteiger partial charge in [0.05, 0.1) is 0 Å². The summed E-state index contributed by atoms with van der Waals surface area (Å²) >= 11 is 0. The first-order valence-electron chi connectivity index (χ1n) is 6.58. The van der Waals surface area contributed by atoms with E-state index in [0.717, 1.165) is 17.2 Å². The van der Waals surface area contributed by atoms with Gasteiger partial charge in [-0.05, 0) is 41.5 Å². The van der Waals surface area contributed by atoms with Gasteiger partial charge in [0, 0.05) is 18.7 Å². The highest BCUT2D eigenvalue weighted by Gasteiger charge is 2.25. The van der Waals surface area contributed by atoms with E-state index in [4.69, 9.17) is 5.11 Å². The van der Waals surface area contributed by atoms with E-state index >= 15 is 0 Å². The second-order valence-corrected chi connectivity index (χ2v) is 5.11. The Morgan fingerprint density at radius 3 is 2.50 bits per heavy atom. The Labute approximate surface area is 125 Å². The molecule has 2 aromatic rings. The van der Waals surface area contributed by atoms with Gasteiger partial charge in [0.25, 0.3) is 5.91 Å². The summed E-state index contributed by atoms with van der Waals surface area (Å²) in [5, 5.41) is 18.5. The summed E-state index contributed by atoms with van der Waals surface area (Å²) in [6, 6.07) is 8.06. The Balaban J connectivity index is 1.87. The molecule has 3 rings (SSSR count). The van der Waals surface area contributed by atoms with Gasteiger partial charge in [0.1, 0.15) is 17.1 Å². The lowest BCUT2D eigenvalue weighted by Gasteiger charge is -2.16. The van der Waals surface area contributed by atoms with Crippen LogP contribution in [0.25, 0.3) is 0 Å². The molecular weight excluding hydrogens is 289 g/mol. The normalized spacial score (nSPS) is 13.0. The molecule has 2 aromatic carbocycles. The first kappa shape index (κ1) is 14.1. The van der Waals surface area contributed by atoms with Crippen LogP contribution in [0.3, 0.4) is 0 Å². The fraction of sp³-hybridized carbons (Fsp3) is 0.125. The minimum absolute atomic E-state index is 0.170. The number of aromatic hydroxyl groups is 1. The summed E-state index contributed by atoms with van der Waals surface area (Å²) in [5.74, 6) is -2.42. The van der Waals surface area contributed by atoms with E-state index in [9.17, 15) is 19.1 Å². The Kier molecular flexibility index (Phi) is 3.29. The number of carbonyl (C=O) groups excluding carboxylic acids is 1. The number of phenols is 1. The molecule has 0 bridgehead atoms. The van der Waals surface area contributed by atoms with Crippen LogP contribution in [0.15, 0.2) is 36.4 Å². The van der Waals surface area contributed by atoms with Crippen LogP contribution < -0.4 is 0 Å². The first-order valence-corrected chi connectivity index (χ1v) is 6.58. The van der Waals surface area contributed by atoms with Gasteiger partial charge in [-0.3, -0.25) is 4.79 Å². The van der Waals surface area contributed by atoms with Crippen LogP contribution in [-0.2, 0) is 13.1 Å². The van der Waals surface area contributed by atoms with E-state index in [1.807, 2.05) is 0 Å². The molecular formula is C16H12FNO4. The zero-order valence-electron chi connectivity index (χ0n) is 11.4. The van der Waals surface area contributed by atoms with E-state index in [-0.39, 0.29) is 29.4 Å². The Morgan fingerprint density at radius 2 is 1.77 bits per heavy atom. The van der Waals surface area contributed by atoms with Gasteiger partial charge >= 0.3 is 5.97 Å². The summed E-state index contributed by atoms with van der Waals surface area (Å²) in [6.45, 7) is 0.618. The van der Waals surface area contributed by atoms with E-state index < -0.39 is 11.7 Å². The van der Waals surface area contributed by atoms with Crippen LogP contribution in [0.1, 0.15) is 31.8 Å². The average Bonchev–Trinajstić information content (AvgIpc) is 2.89. The standard InChI is InChI=1S/C16H12FNO4/c17-12-3-1-10-7-18(8-11(10)5-12)15(20)9-2-4-14(19)13(6-9)16(21)22/h1-6,19H,7-8H2,(H,21,22). The van der Waals surface area contributed by atoms with Crippen molar-refractivity contribution in [1.29, 1.82) is 0 Å². The predicted octanol–water partition coefficient (Wildman–Crippen LogP) is 2.39. The molecule has 0 aliphatic carbocycles. The number of hydrogen-bond donors (Lipinski definition) is 2. The van der Waals surface area contributed by atoms with Crippen molar-refractivity contribution in [2.24, 2.45) is 0 Å². The molecule has 0 aromatic heterocycles. The monoisotopic (exact) mass is 301 g/mol. The van der Waals surface area contributed by atoms with Crippen LogP contribution >= 0.6 is 0 Å². The maximum Gasteiger partial charge on any atom is 0.339 e. The number of carbonyl (C=O) groups is 2. The minimum Gasteiger partial charge on any atom is -0.507 e. The number of halogens is 1. The van der Waals surface area contributed by atoms with Gasteiger partial charge in [-0.2, -0.15) is 0 Å². The summed E-state index contributed by atoms with van der Waals surface area (Å²) < 4.78 is 13.2. The van der Waals surface area contributed by atoms with Crippen molar-refractivity contribution in [3.05, 3.63) is 64.5 Å². The number of nitrogens with zero attached hydrogens (tertiary/aromatic N) is 1. The predicted molar refractivity (Wildman–Crippen MR) is 75.0 cm³/mol. The number of amides is 1. The zero-order chi connectivity index (χ0) is 15.9. The number of benzene rings is 2. The Bertz CT molecular complexity index is 788. The van der Waals surface area contributed by atoms with Gasteiger partial charge in [-0.1, -0.05) is 6.07 Å². The molecule has 5 nitrogen and oxygen atoms in total. The number of aromatic carboxylic acids is 1. The molecule has 1 amide bonds. The number of rotatable bonds is 2. The van der Waals surface area contributed by atoms with E-state index in [0.29, 0.717) is 6.54 Å². The van der Waals surface area contributed by atoms with Gasteiger partial charge in [-0.15, -0.1) is 0 Å². The van der Waals surface area contributed by atoms with Crippen molar-refractivity contribution in [3.8, 4) is 5.75 Å². The number of carboxylic acids is 1. The second kappa shape index (κ2) is 5.14. The molecule has 0 atom stereocenters. The highest BCUT2D eigenvalue weighted by atomic mass is 19.1. The van der Waals surface area contributed by atoms with Crippen LogP contribution in [-0.4, -0.2) is 27.0 Å². The Morgan fingerprint density at radius 1 is 1.05 bits per heavy atom. The van der Waals surface area contributed by atoms with Gasteiger partial charge in [0.2, 0.25) is 0 Å². The van der Waals surface area contributed by atoms with Crippen molar-refractivity contribution in [1.82, 2.24) is 4.90 Å². The third kappa shape index (κ3) is 2.39. The van der Waals surface area contributed by atoms with Crippen LogP contribution in [0.5, 0.6) is 5.75 Å². The quantitative estimate of drug-likeness (QED) is 0.892. The lowest BCUT2D eigenvalue weighted by molar-refractivity contribution is 0.0693. The topological polar surface area (TPSA) is 77.8 Å². The van der Waals surface area contributed by atoms with E-state index in [1.165, 1.54) is 29.2 Å². The van der Waals surface area contributed by atoms with Crippen molar-refractivity contribution >= 4 is 11.9 Å². The van der Waals surface area contributed by atoms with E-state index in [1.54, 1.807) is 6.07 Å². The van der Waals surface area contributed by atoms with Crippen molar-refractivity contribution in [2.75, 3.05) is 0 Å². The third-order valence-corrected chi connectivity index (χ3v) is 3.65. The van der Waals surface area contributed by atoms with E-state index in [2.05, 4.69) is 0 Å². The first-order chi connectivity index (χ1) is 10.5. The molecule has 0 fully saturated rings. The summed E-state index contributed by atoms with van der Waals surface area (Å²) in [4.78, 5) is 25.0. The smallest absolute Gasteiger partial charge is 0.339 e. The number of carboxylic acid groups (broad SMARTS) is 1. The number of fused-ring (bicyclic) bond motifs is 1. The van der Waals surface area contributed by atoms with Crippen LogP contribution in [0.2, 0.25) is 0 Å². The fourth-order valence-corrected chi connectivity index (χ4v) is 2.53. The molecule has 2 N–H and O–H groups in total. The molecule has 0 spiro atoms. The lowest BCUT2D eigenvalue weighted by atomic mass is 10.1. The van der Waals surface area contributed by atoms with Crippen LogP contribution in [0.4, 0.5) is 4.39 Å². The number of hydrogen-bond acceptors (Lipinski definition) is 3. The van der Waals surface area contributed by atoms with Gasteiger partial charge in [-0.25, -0.2) is 9.18 Å². The molecule has 0 unspecified atom stereocenters. The van der Waals surface area contributed by atoms with Crippen molar-refractivity contribution in [3.63, 3.8) is 0 Å². The molecule has 22 heavy (non-hydrogen) atoms. The molecule has 1 aliphatic rings. The molecule has 6 heteroatoms. The lowest BCUT2D eigenvalue weighted by Crippen LogP contribution is -2.25. The summed E-state index contributed by atoms with van der Waals surface area (Å²) in [5.41, 5.74) is 1.45. The third-order valence-electron chi connectivity index (χ3n) is 3.65. The molecule has 1 aliphatic heterocycles. The second-order valence-electron chi connectivity index (χ2n) is 5.11. The molecule has 0 saturated carbocycles. The molecule has 112 valence electrons. The Hall–Kier alpha value is -2.89. The largest absolute Gasteiger partial charge is 0.507 e. The van der Waals surface area contributed by atoms with Crippen molar-refractivity contribution < 1.29 is 24.2 Å². The average molecular weight is 301 g/mol. The molecule has 1 heterocycles. The summed E-state index contributed by atoms with van der Waals surface area (Å²) in [6.07, 6.45) is 0. The highest BCUT2D eigenvalue weighted by molar-refractivity contribution is 5.99. The highest BCUT2D eigenvalue weighted by Crippen LogP contribution is 2.26. The molecule has 0 saturated heterocycles. The van der Waals surface area contributed by atoms with Gasteiger partial charge < -0.3 is 15.1 Å². The maximum atomic E-state index is 13.2. The summed E-state index contributed by atoms with van der Waals surface area (Å²) in [7, 11) is 0. The maximum absolute atomic E-state index is 13.2. The van der Waals surface area contributed by atoms with Crippen LogP contribution in [0, 0.1) is 5.82 Å².